The Kier molecular flexibility index (Phi) is 3.38. The van der Waals surface area contributed by atoms with Crippen LogP contribution in [0.2, 0.25) is 0 Å². The first-order valence-corrected chi connectivity index (χ1v) is 6.03. The number of hydrogen-bond donors (Lipinski definition) is 1. The number of rotatable bonds is 1. The molecule has 1 heterocycles. The number of piperidine rings is 1. The number of nitrogens with one attached hydrogen (secondary N) is 1. The summed E-state index contributed by atoms with van der Waals surface area (Å²) in [6.07, 6.45) is 3.70. The molecule has 14 heavy (non-hydrogen) atoms. The molecule has 0 amide bonds. The summed E-state index contributed by atoms with van der Waals surface area (Å²) in [4.78, 5) is 0. The van der Waals surface area contributed by atoms with E-state index in [9.17, 15) is 4.39 Å². The monoisotopic (exact) mass is 305 g/mol. The van der Waals surface area contributed by atoms with Crippen molar-refractivity contribution in [1.29, 1.82) is 0 Å². The summed E-state index contributed by atoms with van der Waals surface area (Å²) in [5, 5.41) is 3.47. The molecule has 0 spiro atoms. The van der Waals surface area contributed by atoms with Crippen molar-refractivity contribution in [3.05, 3.63) is 33.1 Å². The molecule has 0 saturated carbocycles. The van der Waals surface area contributed by atoms with Gasteiger partial charge in [-0.25, -0.2) is 4.39 Å². The molecular weight excluding hydrogens is 292 g/mol. The predicted octanol–water partition coefficient (Wildman–Crippen LogP) is 3.24. The van der Waals surface area contributed by atoms with E-state index in [2.05, 4.69) is 27.9 Å². The molecule has 1 saturated heterocycles. The molecular formula is C11H13FIN. The molecule has 0 aliphatic carbocycles. The van der Waals surface area contributed by atoms with E-state index in [0.29, 0.717) is 6.04 Å². The average Bonchev–Trinajstić information content (AvgIpc) is 2.19. The van der Waals surface area contributed by atoms with E-state index < -0.39 is 0 Å². The first kappa shape index (κ1) is 10.4. The Balaban J connectivity index is 2.22. The van der Waals surface area contributed by atoms with Crippen LogP contribution in [-0.4, -0.2) is 6.54 Å². The van der Waals surface area contributed by atoms with Gasteiger partial charge in [0.2, 0.25) is 0 Å². The van der Waals surface area contributed by atoms with E-state index in [4.69, 9.17) is 0 Å². The molecule has 0 bridgehead atoms. The molecule has 1 aromatic rings. The van der Waals surface area contributed by atoms with Gasteiger partial charge in [-0.3, -0.25) is 0 Å². The van der Waals surface area contributed by atoms with E-state index in [-0.39, 0.29) is 5.82 Å². The van der Waals surface area contributed by atoms with Gasteiger partial charge in [-0.05, 0) is 59.7 Å². The number of halogens is 2. The minimum Gasteiger partial charge on any atom is -0.310 e. The van der Waals surface area contributed by atoms with Crippen LogP contribution >= 0.6 is 22.6 Å². The summed E-state index contributed by atoms with van der Waals surface area (Å²) >= 11 is 2.21. The maximum atomic E-state index is 12.9. The lowest BCUT2D eigenvalue weighted by atomic mass is 9.98. The number of benzene rings is 1. The predicted molar refractivity (Wildman–Crippen MR) is 63.7 cm³/mol. The molecule has 1 fully saturated rings. The summed E-state index contributed by atoms with van der Waals surface area (Å²) in [5.74, 6) is -0.144. The van der Waals surface area contributed by atoms with Gasteiger partial charge in [-0.1, -0.05) is 12.5 Å². The van der Waals surface area contributed by atoms with Crippen molar-refractivity contribution >= 4 is 22.6 Å². The Morgan fingerprint density at radius 3 is 2.86 bits per heavy atom. The van der Waals surface area contributed by atoms with E-state index in [1.54, 1.807) is 12.1 Å². The zero-order valence-corrected chi connectivity index (χ0v) is 10.1. The summed E-state index contributed by atoms with van der Waals surface area (Å²) in [6.45, 7) is 1.08. The molecule has 1 aromatic carbocycles. The lowest BCUT2D eigenvalue weighted by molar-refractivity contribution is 0.410. The molecule has 1 aliphatic heterocycles. The highest BCUT2D eigenvalue weighted by molar-refractivity contribution is 14.1. The van der Waals surface area contributed by atoms with E-state index in [0.717, 1.165) is 10.1 Å². The van der Waals surface area contributed by atoms with Crippen molar-refractivity contribution < 1.29 is 4.39 Å². The van der Waals surface area contributed by atoms with Crippen LogP contribution in [0, 0.1) is 9.39 Å². The van der Waals surface area contributed by atoms with Crippen LogP contribution in [0.3, 0.4) is 0 Å². The van der Waals surface area contributed by atoms with Gasteiger partial charge in [0.1, 0.15) is 5.82 Å². The summed E-state index contributed by atoms with van der Waals surface area (Å²) in [5.41, 5.74) is 1.24. The molecule has 3 heteroatoms. The molecule has 1 aliphatic rings. The molecule has 1 N–H and O–H groups in total. The quantitative estimate of drug-likeness (QED) is 0.786. The molecule has 0 aromatic heterocycles. The maximum Gasteiger partial charge on any atom is 0.124 e. The zero-order valence-electron chi connectivity index (χ0n) is 7.89. The van der Waals surface area contributed by atoms with Crippen LogP contribution in [0.15, 0.2) is 18.2 Å². The smallest absolute Gasteiger partial charge is 0.124 e. The highest BCUT2D eigenvalue weighted by Gasteiger charge is 2.16. The van der Waals surface area contributed by atoms with Crippen LogP contribution in [0.25, 0.3) is 0 Å². The zero-order chi connectivity index (χ0) is 9.97. The van der Waals surface area contributed by atoms with Crippen molar-refractivity contribution in [2.45, 2.75) is 25.3 Å². The summed E-state index contributed by atoms with van der Waals surface area (Å²) < 4.78 is 13.9. The van der Waals surface area contributed by atoms with Gasteiger partial charge < -0.3 is 5.32 Å². The van der Waals surface area contributed by atoms with Gasteiger partial charge in [0, 0.05) is 9.61 Å². The SMILES string of the molecule is Fc1ccc([C@@H]2CCCCN2)c(I)c1. The normalized spacial score (nSPS) is 22.3. The van der Waals surface area contributed by atoms with Crippen molar-refractivity contribution in [2.24, 2.45) is 0 Å². The highest BCUT2D eigenvalue weighted by Crippen LogP contribution is 2.27. The van der Waals surface area contributed by atoms with Gasteiger partial charge in [0.25, 0.3) is 0 Å². The third kappa shape index (κ3) is 2.25. The topological polar surface area (TPSA) is 12.0 Å². The fraction of sp³-hybridized carbons (Fsp3) is 0.455. The van der Waals surface area contributed by atoms with Crippen LogP contribution in [0.5, 0.6) is 0 Å². The standard InChI is InChI=1S/C11H13FIN/c12-8-4-5-9(10(13)7-8)11-3-1-2-6-14-11/h4-5,7,11,14H,1-3,6H2/t11-/m0/s1. The van der Waals surface area contributed by atoms with Crippen molar-refractivity contribution in [3.63, 3.8) is 0 Å². The fourth-order valence-corrected chi connectivity index (χ4v) is 2.75. The van der Waals surface area contributed by atoms with Crippen LogP contribution in [0.1, 0.15) is 30.9 Å². The Hall–Kier alpha value is -0.160. The lowest BCUT2D eigenvalue weighted by Crippen LogP contribution is -2.27. The van der Waals surface area contributed by atoms with Crippen LogP contribution in [-0.2, 0) is 0 Å². The van der Waals surface area contributed by atoms with Crippen molar-refractivity contribution in [2.75, 3.05) is 6.54 Å². The molecule has 1 atom stereocenters. The summed E-state index contributed by atoms with van der Waals surface area (Å²) in [7, 11) is 0. The number of hydrogen-bond acceptors (Lipinski definition) is 1. The molecule has 0 unspecified atom stereocenters. The minimum absolute atomic E-state index is 0.144. The van der Waals surface area contributed by atoms with Gasteiger partial charge in [0.05, 0.1) is 0 Å². The van der Waals surface area contributed by atoms with Gasteiger partial charge >= 0.3 is 0 Å². The first-order chi connectivity index (χ1) is 6.77. The molecule has 2 rings (SSSR count). The molecule has 1 nitrogen and oxygen atoms in total. The van der Waals surface area contributed by atoms with Crippen LogP contribution < -0.4 is 5.32 Å². The lowest BCUT2D eigenvalue weighted by Gasteiger charge is -2.24. The Morgan fingerprint density at radius 1 is 1.36 bits per heavy atom. The molecule has 76 valence electrons. The maximum absolute atomic E-state index is 12.9. The fourth-order valence-electron chi connectivity index (χ4n) is 1.90. The Bertz CT molecular complexity index is 321. The first-order valence-electron chi connectivity index (χ1n) is 4.96. The van der Waals surface area contributed by atoms with Gasteiger partial charge in [-0.2, -0.15) is 0 Å². The third-order valence-electron chi connectivity index (χ3n) is 2.65. The third-order valence-corrected chi connectivity index (χ3v) is 3.58. The van der Waals surface area contributed by atoms with E-state index >= 15 is 0 Å². The minimum atomic E-state index is -0.144. The second kappa shape index (κ2) is 4.57. The largest absolute Gasteiger partial charge is 0.310 e. The van der Waals surface area contributed by atoms with Crippen LogP contribution in [0.4, 0.5) is 4.39 Å². The van der Waals surface area contributed by atoms with Crippen molar-refractivity contribution in [3.8, 4) is 0 Å². The van der Waals surface area contributed by atoms with E-state index in [1.165, 1.54) is 24.8 Å². The highest BCUT2D eigenvalue weighted by atomic mass is 127. The summed E-state index contributed by atoms with van der Waals surface area (Å²) in [6, 6.07) is 5.48. The average molecular weight is 305 g/mol. The van der Waals surface area contributed by atoms with Crippen molar-refractivity contribution in [1.82, 2.24) is 5.32 Å². The molecule has 0 radical (unpaired) electrons. The second-order valence-corrected chi connectivity index (χ2v) is 4.83. The van der Waals surface area contributed by atoms with Gasteiger partial charge in [-0.15, -0.1) is 0 Å². The van der Waals surface area contributed by atoms with E-state index in [1.807, 2.05) is 6.07 Å². The van der Waals surface area contributed by atoms with Gasteiger partial charge in [0.15, 0.2) is 0 Å². The Morgan fingerprint density at radius 2 is 2.21 bits per heavy atom. The Labute approximate surface area is 97.2 Å². The second-order valence-electron chi connectivity index (χ2n) is 3.67.